The second kappa shape index (κ2) is 5.17. The molecule has 0 saturated heterocycles. The first-order valence-electron chi connectivity index (χ1n) is 4.53. The number of hydrogen-bond acceptors (Lipinski definition) is 3. The van der Waals surface area contributed by atoms with Gasteiger partial charge in [-0.25, -0.2) is 0 Å². The van der Waals surface area contributed by atoms with E-state index in [1.807, 2.05) is 32.0 Å². The summed E-state index contributed by atoms with van der Waals surface area (Å²) >= 11 is 1.56. The van der Waals surface area contributed by atoms with Crippen LogP contribution in [0.2, 0.25) is 0 Å². The fourth-order valence-corrected chi connectivity index (χ4v) is 1.76. The highest BCUT2D eigenvalue weighted by Gasteiger charge is 2.14. The first-order valence-corrected chi connectivity index (χ1v) is 5.52. The normalized spacial score (nSPS) is 11.3. The molecule has 0 aliphatic carbocycles. The molecule has 0 bridgehead atoms. The average molecular weight is 209 g/mol. The van der Waals surface area contributed by atoms with E-state index in [0.29, 0.717) is 0 Å². The third-order valence-corrected chi connectivity index (χ3v) is 2.86. The zero-order chi connectivity index (χ0) is 10.4. The van der Waals surface area contributed by atoms with Gasteiger partial charge in [0.25, 0.3) is 0 Å². The smallest absolute Gasteiger partial charge is 0.140 e. The summed E-state index contributed by atoms with van der Waals surface area (Å²) in [5, 5.41) is 0. The van der Waals surface area contributed by atoms with Gasteiger partial charge in [0.05, 0.1) is 5.54 Å². The van der Waals surface area contributed by atoms with Crippen molar-refractivity contribution in [2.45, 2.75) is 25.1 Å². The van der Waals surface area contributed by atoms with E-state index in [2.05, 4.69) is 16.9 Å². The van der Waals surface area contributed by atoms with Crippen LogP contribution in [0.15, 0.2) is 30.3 Å². The van der Waals surface area contributed by atoms with E-state index in [1.165, 1.54) is 5.56 Å². The van der Waals surface area contributed by atoms with Crippen molar-refractivity contribution in [3.63, 3.8) is 0 Å². The fourth-order valence-electron chi connectivity index (χ4n) is 0.904. The van der Waals surface area contributed by atoms with Gasteiger partial charge in [0, 0.05) is 5.75 Å². The molecule has 0 aliphatic heterocycles. The van der Waals surface area contributed by atoms with Crippen molar-refractivity contribution in [2.75, 3.05) is 0 Å². The Labute approximate surface area is 89.2 Å². The molecular weight excluding hydrogens is 194 g/mol. The van der Waals surface area contributed by atoms with E-state index in [1.54, 1.807) is 11.9 Å². The van der Waals surface area contributed by atoms with Crippen molar-refractivity contribution in [2.24, 2.45) is 0 Å². The third-order valence-electron chi connectivity index (χ3n) is 1.71. The Morgan fingerprint density at radius 3 is 2.57 bits per heavy atom. The zero-order valence-corrected chi connectivity index (χ0v) is 9.30. The molecule has 1 aromatic rings. The number of carbonyl (C=O) groups is 1. The Kier molecular flexibility index (Phi) is 4.17. The van der Waals surface area contributed by atoms with Crippen LogP contribution < -0.4 is 4.72 Å². The fraction of sp³-hybridized carbons (Fsp3) is 0.364. The first kappa shape index (κ1) is 11.3. The minimum Gasteiger partial charge on any atom is -0.301 e. The maximum absolute atomic E-state index is 10.6. The predicted octanol–water partition coefficient (Wildman–Crippen LogP) is 2.40. The summed E-state index contributed by atoms with van der Waals surface area (Å²) < 4.78 is 3.11. The van der Waals surface area contributed by atoms with Gasteiger partial charge < -0.3 is 4.79 Å². The molecule has 0 unspecified atom stereocenters. The van der Waals surface area contributed by atoms with Crippen LogP contribution in [0.25, 0.3) is 0 Å². The van der Waals surface area contributed by atoms with Gasteiger partial charge in [0.2, 0.25) is 0 Å². The lowest BCUT2D eigenvalue weighted by molar-refractivity contribution is -0.111. The molecule has 2 nitrogen and oxygen atoms in total. The maximum atomic E-state index is 10.6. The van der Waals surface area contributed by atoms with E-state index in [-0.39, 0.29) is 0 Å². The molecule has 0 aliphatic rings. The lowest BCUT2D eigenvalue weighted by atomic mass is 10.1. The van der Waals surface area contributed by atoms with E-state index < -0.39 is 5.54 Å². The Bertz CT molecular complexity index is 285. The van der Waals surface area contributed by atoms with Crippen molar-refractivity contribution < 1.29 is 4.79 Å². The Balaban J connectivity index is 2.32. The number of hydrogen-bond donors (Lipinski definition) is 1. The molecule has 14 heavy (non-hydrogen) atoms. The van der Waals surface area contributed by atoms with Gasteiger partial charge in [-0.1, -0.05) is 42.3 Å². The highest BCUT2D eigenvalue weighted by atomic mass is 32.2. The van der Waals surface area contributed by atoms with Crippen LogP contribution in [-0.4, -0.2) is 11.8 Å². The largest absolute Gasteiger partial charge is 0.301 e. The Morgan fingerprint density at radius 1 is 1.36 bits per heavy atom. The average Bonchev–Trinajstić information content (AvgIpc) is 2.19. The van der Waals surface area contributed by atoms with Crippen LogP contribution in [0.1, 0.15) is 19.4 Å². The topological polar surface area (TPSA) is 29.1 Å². The summed E-state index contributed by atoms with van der Waals surface area (Å²) in [6, 6.07) is 10.2. The van der Waals surface area contributed by atoms with Crippen molar-refractivity contribution in [1.82, 2.24) is 4.72 Å². The van der Waals surface area contributed by atoms with E-state index in [4.69, 9.17) is 0 Å². The molecule has 1 aromatic carbocycles. The molecule has 0 amide bonds. The van der Waals surface area contributed by atoms with Gasteiger partial charge in [-0.2, -0.15) is 0 Å². The van der Waals surface area contributed by atoms with Crippen LogP contribution in [0.3, 0.4) is 0 Å². The highest BCUT2D eigenvalue weighted by molar-refractivity contribution is 7.96. The van der Waals surface area contributed by atoms with Crippen LogP contribution in [0.4, 0.5) is 0 Å². The molecule has 0 heterocycles. The number of aldehydes is 1. The minimum atomic E-state index is -0.445. The molecule has 1 rings (SSSR count). The quantitative estimate of drug-likeness (QED) is 0.596. The molecule has 0 radical (unpaired) electrons. The number of rotatable bonds is 5. The van der Waals surface area contributed by atoms with Gasteiger partial charge >= 0.3 is 0 Å². The van der Waals surface area contributed by atoms with Gasteiger partial charge in [-0.15, -0.1) is 0 Å². The second-order valence-electron chi connectivity index (χ2n) is 3.72. The van der Waals surface area contributed by atoms with Crippen molar-refractivity contribution in [3.05, 3.63) is 35.9 Å². The van der Waals surface area contributed by atoms with Crippen LogP contribution in [0.5, 0.6) is 0 Å². The molecule has 0 atom stereocenters. The Morgan fingerprint density at radius 2 is 2.00 bits per heavy atom. The molecular formula is C11H15NOS. The summed E-state index contributed by atoms with van der Waals surface area (Å²) in [5.41, 5.74) is 0.811. The minimum absolute atomic E-state index is 0.445. The Hall–Kier alpha value is -0.800. The maximum Gasteiger partial charge on any atom is 0.140 e. The predicted molar refractivity (Wildman–Crippen MR) is 61.0 cm³/mol. The van der Waals surface area contributed by atoms with Crippen LogP contribution in [0, 0.1) is 0 Å². The number of benzene rings is 1. The standard InChI is InChI=1S/C11H15NOS/c1-11(2,9-13)12-14-8-10-6-4-3-5-7-10/h3-7,9,12H,8H2,1-2H3. The summed E-state index contributed by atoms with van der Waals surface area (Å²) in [5.74, 6) is 0.873. The summed E-state index contributed by atoms with van der Waals surface area (Å²) in [4.78, 5) is 10.6. The zero-order valence-electron chi connectivity index (χ0n) is 8.49. The molecule has 0 aromatic heterocycles. The van der Waals surface area contributed by atoms with Gasteiger partial charge in [0.1, 0.15) is 6.29 Å². The lowest BCUT2D eigenvalue weighted by Gasteiger charge is -2.17. The SMILES string of the molecule is CC(C)(C=O)NSCc1ccccc1. The summed E-state index contributed by atoms with van der Waals surface area (Å²) in [7, 11) is 0. The second-order valence-corrected chi connectivity index (χ2v) is 4.50. The lowest BCUT2D eigenvalue weighted by Crippen LogP contribution is -2.35. The van der Waals surface area contributed by atoms with E-state index in [0.717, 1.165) is 12.0 Å². The van der Waals surface area contributed by atoms with Crippen molar-refractivity contribution in [3.8, 4) is 0 Å². The number of nitrogens with one attached hydrogen (secondary N) is 1. The van der Waals surface area contributed by atoms with E-state index in [9.17, 15) is 4.79 Å². The molecule has 0 spiro atoms. The summed E-state index contributed by atoms with van der Waals surface area (Å²) in [6.45, 7) is 3.72. The van der Waals surface area contributed by atoms with E-state index >= 15 is 0 Å². The monoisotopic (exact) mass is 209 g/mol. The molecule has 0 fully saturated rings. The van der Waals surface area contributed by atoms with Crippen LogP contribution >= 0.6 is 11.9 Å². The molecule has 0 saturated carbocycles. The van der Waals surface area contributed by atoms with Gasteiger partial charge in [0.15, 0.2) is 0 Å². The summed E-state index contributed by atoms with van der Waals surface area (Å²) in [6.07, 6.45) is 0.922. The number of carbonyl (C=O) groups excluding carboxylic acids is 1. The van der Waals surface area contributed by atoms with Crippen molar-refractivity contribution in [1.29, 1.82) is 0 Å². The molecule has 1 N–H and O–H groups in total. The molecule has 76 valence electrons. The van der Waals surface area contributed by atoms with Crippen molar-refractivity contribution >= 4 is 18.2 Å². The third kappa shape index (κ3) is 3.94. The molecule has 3 heteroatoms. The van der Waals surface area contributed by atoms with Gasteiger partial charge in [-0.3, -0.25) is 4.72 Å². The highest BCUT2D eigenvalue weighted by Crippen LogP contribution is 2.12. The first-order chi connectivity index (χ1) is 6.64. The van der Waals surface area contributed by atoms with Crippen LogP contribution in [-0.2, 0) is 10.5 Å². The van der Waals surface area contributed by atoms with Gasteiger partial charge in [-0.05, 0) is 19.4 Å².